The summed E-state index contributed by atoms with van der Waals surface area (Å²) in [4.78, 5) is 12.7. The standard InChI is InChI=1S/C23H33NO4/c1-3-27-21-9-16(13-24(2)14-22(25)26)4-5-20(21)28-15-23-10-17-6-18(11-23)8-19(7-17)12-23/h4-5,9,17-19H,3,6-8,10-15H2,1-2H3,(H,25,26). The third-order valence-corrected chi connectivity index (χ3v) is 6.86. The molecule has 0 unspecified atom stereocenters. The average Bonchev–Trinajstić information content (AvgIpc) is 2.59. The van der Waals surface area contributed by atoms with Crippen molar-refractivity contribution in [2.75, 3.05) is 26.8 Å². The largest absolute Gasteiger partial charge is 0.490 e. The molecule has 5 heteroatoms. The minimum absolute atomic E-state index is 0.0221. The Balaban J connectivity index is 1.43. The summed E-state index contributed by atoms with van der Waals surface area (Å²) in [6, 6.07) is 6.02. The van der Waals surface area contributed by atoms with Crippen LogP contribution in [0.15, 0.2) is 18.2 Å². The molecule has 0 spiro atoms. The molecule has 0 aliphatic heterocycles. The number of carbonyl (C=O) groups is 1. The van der Waals surface area contributed by atoms with E-state index in [1.165, 1.54) is 38.5 Å². The number of ether oxygens (including phenoxy) is 2. The van der Waals surface area contributed by atoms with Crippen molar-refractivity contribution in [2.24, 2.45) is 23.2 Å². The quantitative estimate of drug-likeness (QED) is 0.688. The van der Waals surface area contributed by atoms with Crippen LogP contribution in [0, 0.1) is 23.2 Å². The van der Waals surface area contributed by atoms with E-state index in [9.17, 15) is 4.79 Å². The maximum Gasteiger partial charge on any atom is 0.317 e. The van der Waals surface area contributed by atoms with E-state index in [0.717, 1.165) is 41.4 Å². The van der Waals surface area contributed by atoms with Gasteiger partial charge in [0.25, 0.3) is 0 Å². The molecule has 0 radical (unpaired) electrons. The molecule has 0 atom stereocenters. The molecule has 4 aliphatic carbocycles. The van der Waals surface area contributed by atoms with E-state index in [2.05, 4.69) is 0 Å². The molecular formula is C23H33NO4. The lowest BCUT2D eigenvalue weighted by molar-refractivity contribution is -0.138. The summed E-state index contributed by atoms with van der Waals surface area (Å²) in [5.74, 6) is 3.55. The van der Waals surface area contributed by atoms with Crippen molar-refractivity contribution in [3.8, 4) is 11.5 Å². The molecule has 154 valence electrons. The lowest BCUT2D eigenvalue weighted by Crippen LogP contribution is -2.48. The Morgan fingerprint density at radius 3 is 2.32 bits per heavy atom. The second kappa shape index (κ2) is 7.94. The van der Waals surface area contributed by atoms with Gasteiger partial charge in [0.1, 0.15) is 0 Å². The van der Waals surface area contributed by atoms with Crippen molar-refractivity contribution < 1.29 is 19.4 Å². The van der Waals surface area contributed by atoms with E-state index in [-0.39, 0.29) is 6.54 Å². The van der Waals surface area contributed by atoms with Crippen LogP contribution in [-0.2, 0) is 11.3 Å². The van der Waals surface area contributed by atoms with Crippen molar-refractivity contribution in [3.05, 3.63) is 23.8 Å². The van der Waals surface area contributed by atoms with E-state index < -0.39 is 5.97 Å². The van der Waals surface area contributed by atoms with Gasteiger partial charge in [-0.25, -0.2) is 0 Å². The molecule has 28 heavy (non-hydrogen) atoms. The van der Waals surface area contributed by atoms with E-state index in [0.29, 0.717) is 18.6 Å². The smallest absolute Gasteiger partial charge is 0.317 e. The minimum atomic E-state index is -0.817. The second-order valence-electron chi connectivity index (χ2n) is 9.49. The lowest BCUT2D eigenvalue weighted by atomic mass is 9.50. The molecule has 1 aromatic rings. The van der Waals surface area contributed by atoms with Crippen LogP contribution < -0.4 is 9.47 Å². The molecule has 4 fully saturated rings. The van der Waals surface area contributed by atoms with Gasteiger partial charge in [-0.2, -0.15) is 0 Å². The second-order valence-corrected chi connectivity index (χ2v) is 9.49. The highest BCUT2D eigenvalue weighted by molar-refractivity contribution is 5.69. The van der Waals surface area contributed by atoms with Crippen LogP contribution in [0.2, 0.25) is 0 Å². The van der Waals surface area contributed by atoms with Gasteiger partial charge in [-0.05, 0) is 87.9 Å². The van der Waals surface area contributed by atoms with Crippen LogP contribution in [0.25, 0.3) is 0 Å². The molecule has 4 saturated carbocycles. The molecule has 5 nitrogen and oxygen atoms in total. The first-order valence-electron chi connectivity index (χ1n) is 10.7. The summed E-state index contributed by atoms with van der Waals surface area (Å²) in [6.07, 6.45) is 8.34. The van der Waals surface area contributed by atoms with Crippen molar-refractivity contribution >= 4 is 5.97 Å². The van der Waals surface area contributed by atoms with Gasteiger partial charge in [0.2, 0.25) is 0 Å². The number of carboxylic acid groups (broad SMARTS) is 1. The third kappa shape index (κ3) is 4.29. The van der Waals surface area contributed by atoms with Crippen LogP contribution >= 0.6 is 0 Å². The van der Waals surface area contributed by atoms with Crippen molar-refractivity contribution in [1.29, 1.82) is 0 Å². The van der Waals surface area contributed by atoms with Gasteiger partial charge in [0.05, 0.1) is 19.8 Å². The molecule has 4 aliphatic rings. The van der Waals surface area contributed by atoms with Crippen molar-refractivity contribution in [1.82, 2.24) is 4.90 Å². The number of hydrogen-bond donors (Lipinski definition) is 1. The number of aliphatic carboxylic acids is 1. The predicted molar refractivity (Wildman–Crippen MR) is 108 cm³/mol. The Kier molecular flexibility index (Phi) is 5.55. The van der Waals surface area contributed by atoms with Gasteiger partial charge in [0, 0.05) is 12.0 Å². The summed E-state index contributed by atoms with van der Waals surface area (Å²) >= 11 is 0. The highest BCUT2D eigenvalue weighted by Crippen LogP contribution is 2.60. The number of benzene rings is 1. The average molecular weight is 388 g/mol. The fourth-order valence-corrected chi connectivity index (χ4v) is 6.33. The fraction of sp³-hybridized carbons (Fsp3) is 0.696. The Labute approximate surface area is 168 Å². The highest BCUT2D eigenvalue weighted by atomic mass is 16.5. The molecule has 1 aromatic carbocycles. The first-order chi connectivity index (χ1) is 13.4. The zero-order valence-corrected chi connectivity index (χ0v) is 17.2. The van der Waals surface area contributed by atoms with Crippen LogP contribution in [0.1, 0.15) is 51.0 Å². The normalized spacial score (nSPS) is 30.6. The summed E-state index contributed by atoms with van der Waals surface area (Å²) in [6.45, 7) is 3.96. The van der Waals surface area contributed by atoms with Crippen LogP contribution in [0.4, 0.5) is 0 Å². The zero-order valence-electron chi connectivity index (χ0n) is 17.2. The molecule has 0 saturated heterocycles. The van der Waals surface area contributed by atoms with Crippen molar-refractivity contribution in [2.45, 2.75) is 52.0 Å². The van der Waals surface area contributed by atoms with Gasteiger partial charge >= 0.3 is 5.97 Å². The maximum absolute atomic E-state index is 10.9. The third-order valence-electron chi connectivity index (χ3n) is 6.86. The number of rotatable bonds is 9. The first-order valence-corrected chi connectivity index (χ1v) is 10.7. The monoisotopic (exact) mass is 387 g/mol. The summed E-state index contributed by atoms with van der Waals surface area (Å²) in [5, 5.41) is 8.94. The van der Waals surface area contributed by atoms with Crippen LogP contribution in [0.5, 0.6) is 11.5 Å². The van der Waals surface area contributed by atoms with E-state index >= 15 is 0 Å². The SMILES string of the molecule is CCOc1cc(CN(C)CC(=O)O)ccc1OCC12CC3CC(CC(C3)C1)C2. The summed E-state index contributed by atoms with van der Waals surface area (Å²) in [5.41, 5.74) is 1.41. The van der Waals surface area contributed by atoms with E-state index in [1.54, 1.807) is 4.90 Å². The van der Waals surface area contributed by atoms with Crippen LogP contribution in [-0.4, -0.2) is 42.8 Å². The topological polar surface area (TPSA) is 59.0 Å². The first kappa shape index (κ1) is 19.6. The number of hydrogen-bond acceptors (Lipinski definition) is 4. The van der Waals surface area contributed by atoms with Gasteiger partial charge in [-0.1, -0.05) is 6.07 Å². The molecule has 0 aromatic heterocycles. The number of likely N-dealkylation sites (N-methyl/N-ethyl adjacent to an activating group) is 1. The van der Waals surface area contributed by atoms with Crippen LogP contribution in [0.3, 0.4) is 0 Å². The number of carboxylic acids is 1. The number of nitrogens with zero attached hydrogens (tertiary/aromatic N) is 1. The fourth-order valence-electron chi connectivity index (χ4n) is 6.33. The summed E-state index contributed by atoms with van der Waals surface area (Å²) < 4.78 is 12.2. The highest BCUT2D eigenvalue weighted by Gasteiger charge is 2.51. The molecule has 4 bridgehead atoms. The molecule has 0 heterocycles. The van der Waals surface area contributed by atoms with Gasteiger partial charge in [-0.15, -0.1) is 0 Å². The zero-order chi connectivity index (χ0) is 19.7. The Hall–Kier alpha value is -1.75. The summed E-state index contributed by atoms with van der Waals surface area (Å²) in [7, 11) is 1.81. The maximum atomic E-state index is 10.9. The predicted octanol–water partition coefficient (Wildman–Crippen LogP) is 4.20. The molecule has 5 rings (SSSR count). The Morgan fingerprint density at radius 2 is 1.75 bits per heavy atom. The van der Waals surface area contributed by atoms with Crippen molar-refractivity contribution in [3.63, 3.8) is 0 Å². The van der Waals surface area contributed by atoms with Gasteiger partial charge in [-0.3, -0.25) is 9.69 Å². The minimum Gasteiger partial charge on any atom is -0.490 e. The van der Waals surface area contributed by atoms with Gasteiger partial charge < -0.3 is 14.6 Å². The van der Waals surface area contributed by atoms with E-state index in [4.69, 9.17) is 14.6 Å². The Morgan fingerprint density at radius 1 is 1.11 bits per heavy atom. The van der Waals surface area contributed by atoms with E-state index in [1.807, 2.05) is 32.2 Å². The molecular weight excluding hydrogens is 354 g/mol. The molecule has 1 N–H and O–H groups in total. The molecule has 0 amide bonds. The Bertz CT molecular complexity index is 681. The lowest BCUT2D eigenvalue weighted by Gasteiger charge is -2.56. The van der Waals surface area contributed by atoms with Gasteiger partial charge in [0.15, 0.2) is 11.5 Å².